The molecule has 0 radical (unpaired) electrons. The molecule has 0 spiro atoms. The fraction of sp³-hybridized carbons (Fsp3) is 0.333. The highest BCUT2D eigenvalue weighted by Crippen LogP contribution is 2.34. The van der Waals surface area contributed by atoms with E-state index in [9.17, 15) is 18.0 Å². The molecule has 0 saturated carbocycles. The van der Waals surface area contributed by atoms with E-state index in [0.717, 1.165) is 0 Å². The predicted octanol–water partition coefficient (Wildman–Crippen LogP) is 1.48. The molecule has 1 atom stereocenters. The third kappa shape index (κ3) is 3.02. The average Bonchev–Trinajstić information content (AvgIpc) is 3.30. The zero-order valence-electron chi connectivity index (χ0n) is 14.7. The van der Waals surface area contributed by atoms with Crippen LogP contribution in [0.2, 0.25) is 0 Å². The van der Waals surface area contributed by atoms with E-state index in [1.54, 1.807) is 36.1 Å². The molecule has 8 nitrogen and oxygen atoms in total. The summed E-state index contributed by atoms with van der Waals surface area (Å²) in [6.07, 6.45) is 1.43. The maximum Gasteiger partial charge on any atom is 0.289 e. The van der Waals surface area contributed by atoms with Gasteiger partial charge < -0.3 is 14.6 Å². The Morgan fingerprint density at radius 3 is 2.59 bits per heavy atom. The first-order valence-corrected chi connectivity index (χ1v) is 10.1. The fourth-order valence-electron chi connectivity index (χ4n) is 3.39. The van der Waals surface area contributed by atoms with Crippen molar-refractivity contribution in [2.75, 3.05) is 31.5 Å². The summed E-state index contributed by atoms with van der Waals surface area (Å²) in [5, 5.41) is 2.74. The number of rotatable bonds is 3. The van der Waals surface area contributed by atoms with Gasteiger partial charge in [0.25, 0.3) is 5.91 Å². The number of amides is 2. The quantitative estimate of drug-likeness (QED) is 0.857. The van der Waals surface area contributed by atoms with Gasteiger partial charge in [-0.05, 0) is 42.8 Å². The summed E-state index contributed by atoms with van der Waals surface area (Å²) in [6, 6.07) is 7.93. The number of hydrogen-bond donors (Lipinski definition) is 1. The molecule has 2 aliphatic rings. The molecule has 0 bridgehead atoms. The number of piperazine rings is 1. The van der Waals surface area contributed by atoms with Crippen molar-refractivity contribution >= 4 is 27.5 Å². The van der Waals surface area contributed by atoms with Crippen LogP contribution in [0.3, 0.4) is 0 Å². The van der Waals surface area contributed by atoms with E-state index in [4.69, 9.17) is 4.42 Å². The van der Waals surface area contributed by atoms with Gasteiger partial charge in [-0.1, -0.05) is 0 Å². The lowest BCUT2D eigenvalue weighted by Gasteiger charge is -2.33. The first kappa shape index (κ1) is 17.7. The molecule has 0 unspecified atom stereocenters. The van der Waals surface area contributed by atoms with Gasteiger partial charge in [0, 0.05) is 31.9 Å². The molecular weight excluding hydrogens is 370 g/mol. The van der Waals surface area contributed by atoms with E-state index in [1.807, 2.05) is 0 Å². The number of carbonyl (C=O) groups excluding carboxylic acids is 2. The Hall–Kier alpha value is -2.65. The van der Waals surface area contributed by atoms with Crippen LogP contribution < -0.4 is 5.32 Å². The van der Waals surface area contributed by atoms with E-state index in [2.05, 4.69) is 5.32 Å². The van der Waals surface area contributed by atoms with Crippen molar-refractivity contribution in [3.05, 3.63) is 47.9 Å². The topological polar surface area (TPSA) is 99.9 Å². The van der Waals surface area contributed by atoms with Gasteiger partial charge in [0.05, 0.1) is 17.1 Å². The molecule has 2 aliphatic heterocycles. The molecule has 1 saturated heterocycles. The fourth-order valence-corrected chi connectivity index (χ4v) is 4.85. The van der Waals surface area contributed by atoms with Crippen LogP contribution in [0.15, 0.2) is 45.9 Å². The lowest BCUT2D eigenvalue weighted by molar-refractivity contribution is -0.116. The van der Waals surface area contributed by atoms with Crippen molar-refractivity contribution in [1.29, 1.82) is 0 Å². The van der Waals surface area contributed by atoms with Crippen LogP contribution >= 0.6 is 0 Å². The zero-order chi connectivity index (χ0) is 19.2. The maximum atomic E-state index is 13.0. The number of furan rings is 1. The summed E-state index contributed by atoms with van der Waals surface area (Å²) in [6.45, 7) is 2.74. The lowest BCUT2D eigenvalue weighted by atomic mass is 10.0. The Morgan fingerprint density at radius 1 is 1.19 bits per heavy atom. The molecule has 3 heterocycles. The molecule has 0 aliphatic carbocycles. The summed E-state index contributed by atoms with van der Waals surface area (Å²) >= 11 is 0. The van der Waals surface area contributed by atoms with Crippen molar-refractivity contribution in [3.63, 3.8) is 0 Å². The number of carbonyl (C=O) groups is 2. The van der Waals surface area contributed by atoms with Gasteiger partial charge in [-0.3, -0.25) is 9.59 Å². The average molecular weight is 389 g/mol. The SMILES string of the molecule is C[C@H]1C(=O)Nc2ccc(S(=O)(=O)N3CCN(C(=O)c4ccco4)CC3)cc21. The van der Waals surface area contributed by atoms with Crippen molar-refractivity contribution in [3.8, 4) is 0 Å². The minimum absolute atomic E-state index is 0.135. The van der Waals surface area contributed by atoms with E-state index in [0.29, 0.717) is 24.3 Å². The Labute approximate surface area is 156 Å². The summed E-state index contributed by atoms with van der Waals surface area (Å²) in [5.41, 5.74) is 1.34. The van der Waals surface area contributed by atoms with Crippen molar-refractivity contribution in [2.24, 2.45) is 0 Å². The minimum atomic E-state index is -3.69. The molecule has 1 aromatic carbocycles. The van der Waals surface area contributed by atoms with Gasteiger partial charge in [0.2, 0.25) is 15.9 Å². The van der Waals surface area contributed by atoms with Crippen molar-refractivity contribution in [1.82, 2.24) is 9.21 Å². The highest BCUT2D eigenvalue weighted by atomic mass is 32.2. The Bertz CT molecular complexity index is 992. The monoisotopic (exact) mass is 389 g/mol. The van der Waals surface area contributed by atoms with Crippen LogP contribution in [0.1, 0.15) is 29.0 Å². The third-order valence-corrected chi connectivity index (χ3v) is 6.93. The molecule has 1 aromatic heterocycles. The largest absolute Gasteiger partial charge is 0.459 e. The number of anilines is 1. The van der Waals surface area contributed by atoms with Gasteiger partial charge in [0.1, 0.15) is 0 Å². The second-order valence-electron chi connectivity index (χ2n) is 6.63. The second-order valence-corrected chi connectivity index (χ2v) is 8.57. The van der Waals surface area contributed by atoms with Crippen molar-refractivity contribution in [2.45, 2.75) is 17.7 Å². The van der Waals surface area contributed by atoms with E-state index < -0.39 is 10.0 Å². The van der Waals surface area contributed by atoms with Gasteiger partial charge >= 0.3 is 0 Å². The number of benzene rings is 1. The Morgan fingerprint density at radius 2 is 1.93 bits per heavy atom. The number of nitrogens with zero attached hydrogens (tertiary/aromatic N) is 2. The van der Waals surface area contributed by atoms with Crippen LogP contribution in [0.4, 0.5) is 5.69 Å². The van der Waals surface area contributed by atoms with Crippen LogP contribution in [0, 0.1) is 0 Å². The van der Waals surface area contributed by atoms with Gasteiger partial charge in [-0.15, -0.1) is 0 Å². The van der Waals surface area contributed by atoms with Gasteiger partial charge in [0.15, 0.2) is 5.76 Å². The Kier molecular flexibility index (Phi) is 4.27. The molecule has 1 N–H and O–H groups in total. The predicted molar refractivity (Wildman–Crippen MR) is 96.9 cm³/mol. The molecule has 27 heavy (non-hydrogen) atoms. The van der Waals surface area contributed by atoms with Gasteiger partial charge in [-0.25, -0.2) is 8.42 Å². The molecule has 1 fully saturated rings. The van der Waals surface area contributed by atoms with Crippen LogP contribution in [-0.4, -0.2) is 55.6 Å². The highest BCUT2D eigenvalue weighted by Gasteiger charge is 2.33. The number of hydrogen-bond acceptors (Lipinski definition) is 5. The van der Waals surface area contributed by atoms with E-state index in [1.165, 1.54) is 16.6 Å². The third-order valence-electron chi connectivity index (χ3n) is 5.04. The summed E-state index contributed by atoms with van der Waals surface area (Å²) in [7, 11) is -3.69. The first-order chi connectivity index (χ1) is 12.9. The lowest BCUT2D eigenvalue weighted by Crippen LogP contribution is -2.50. The standard InChI is InChI=1S/C18H19N3O5S/c1-12-14-11-13(4-5-15(14)19-17(12)22)27(24,25)21-8-6-20(7-9-21)18(23)16-3-2-10-26-16/h2-5,10-12H,6-9H2,1H3,(H,19,22)/t12-/m1/s1. The summed E-state index contributed by atoms with van der Waals surface area (Å²) < 4.78 is 32.4. The molecule has 142 valence electrons. The highest BCUT2D eigenvalue weighted by molar-refractivity contribution is 7.89. The van der Waals surface area contributed by atoms with Crippen LogP contribution in [-0.2, 0) is 14.8 Å². The number of nitrogens with one attached hydrogen (secondary N) is 1. The van der Waals surface area contributed by atoms with E-state index in [-0.39, 0.29) is 41.5 Å². The zero-order valence-corrected chi connectivity index (χ0v) is 15.5. The molecular formula is C18H19N3O5S. The smallest absolute Gasteiger partial charge is 0.289 e. The molecule has 9 heteroatoms. The molecule has 2 aromatic rings. The molecule has 2 amide bonds. The normalized spacial score (nSPS) is 20.4. The Balaban J connectivity index is 1.50. The van der Waals surface area contributed by atoms with Crippen molar-refractivity contribution < 1.29 is 22.4 Å². The number of sulfonamides is 1. The minimum Gasteiger partial charge on any atom is -0.459 e. The summed E-state index contributed by atoms with van der Waals surface area (Å²) in [5.74, 6) is -0.508. The van der Waals surface area contributed by atoms with Crippen LogP contribution in [0.25, 0.3) is 0 Å². The second kappa shape index (κ2) is 6.50. The molecule has 4 rings (SSSR count). The summed E-state index contributed by atoms with van der Waals surface area (Å²) in [4.78, 5) is 25.8. The number of fused-ring (bicyclic) bond motifs is 1. The maximum absolute atomic E-state index is 13.0. The van der Waals surface area contributed by atoms with E-state index >= 15 is 0 Å². The first-order valence-electron chi connectivity index (χ1n) is 8.65. The van der Waals surface area contributed by atoms with Gasteiger partial charge in [-0.2, -0.15) is 4.31 Å². The van der Waals surface area contributed by atoms with Crippen LogP contribution in [0.5, 0.6) is 0 Å².